The summed E-state index contributed by atoms with van der Waals surface area (Å²) in [7, 11) is 0. The van der Waals surface area contributed by atoms with Gasteiger partial charge in [-0.15, -0.1) is 0 Å². The number of hydrogen-bond donors (Lipinski definition) is 0. The third-order valence-electron chi connectivity index (χ3n) is 3.30. The molecule has 1 aromatic carbocycles. The maximum absolute atomic E-state index is 12.3. The number of benzene rings is 1. The first kappa shape index (κ1) is 12.4. The molecule has 0 amide bonds. The second-order valence-corrected chi connectivity index (χ2v) is 4.75. The third kappa shape index (κ3) is 1.82. The Kier molecular flexibility index (Phi) is 2.99. The molecule has 0 unspecified atom stereocenters. The van der Waals surface area contributed by atoms with Gasteiger partial charge in [0, 0.05) is 11.1 Å². The van der Waals surface area contributed by atoms with Gasteiger partial charge in [0.1, 0.15) is 0 Å². The highest BCUT2D eigenvalue weighted by atomic mass is 16.2. The molecule has 0 aromatic heterocycles. The minimum Gasteiger partial charge on any atom is -0.295 e. The van der Waals surface area contributed by atoms with Crippen LogP contribution in [0.2, 0.25) is 0 Å². The summed E-state index contributed by atoms with van der Waals surface area (Å²) < 4.78 is 0. The molecule has 0 saturated carbocycles. The summed E-state index contributed by atoms with van der Waals surface area (Å²) in [6.07, 6.45) is 3.26. The molecule has 0 heterocycles. The largest absolute Gasteiger partial charge is 0.295 e. The number of ketones is 3. The van der Waals surface area contributed by atoms with Crippen LogP contribution in [0.5, 0.6) is 0 Å². The van der Waals surface area contributed by atoms with E-state index in [1.54, 1.807) is 37.3 Å². The Morgan fingerprint density at radius 1 is 1.17 bits per heavy atom. The van der Waals surface area contributed by atoms with Crippen molar-refractivity contribution >= 4 is 17.3 Å². The molecule has 92 valence electrons. The quantitative estimate of drug-likeness (QED) is 0.604. The molecule has 0 aliphatic heterocycles. The molecule has 3 heteroatoms. The Bertz CT molecular complexity index is 532. The van der Waals surface area contributed by atoms with Gasteiger partial charge in [0.15, 0.2) is 17.3 Å². The Labute approximate surface area is 106 Å². The van der Waals surface area contributed by atoms with Crippen LogP contribution in [0.1, 0.15) is 41.0 Å². The van der Waals surface area contributed by atoms with E-state index in [-0.39, 0.29) is 23.8 Å². The van der Waals surface area contributed by atoms with Gasteiger partial charge in [0.05, 0.1) is 5.41 Å². The van der Waals surface area contributed by atoms with Crippen molar-refractivity contribution in [3.05, 3.63) is 47.5 Å². The molecule has 18 heavy (non-hydrogen) atoms. The van der Waals surface area contributed by atoms with E-state index in [1.165, 1.54) is 13.0 Å². The maximum Gasteiger partial charge on any atom is 0.177 e. The monoisotopic (exact) mass is 242 g/mol. The number of allylic oxidation sites excluding steroid dienone is 2. The highest BCUT2D eigenvalue weighted by molar-refractivity contribution is 6.29. The molecule has 0 N–H and O–H groups in total. The standard InChI is InChI=1S/C15H14O3/c1-10(16)6-5-9-15(2)13(17)11-7-3-4-8-12(11)14(15)18/h3-8H,9H2,1-2H3/b6-5+. The number of Topliss-reactive ketones (excluding diaryl/α,β-unsaturated/α-hetero) is 2. The number of rotatable bonds is 3. The topological polar surface area (TPSA) is 51.2 Å². The summed E-state index contributed by atoms with van der Waals surface area (Å²) in [5.41, 5.74) is -0.0854. The van der Waals surface area contributed by atoms with Crippen molar-refractivity contribution in [2.24, 2.45) is 5.41 Å². The maximum atomic E-state index is 12.3. The highest BCUT2D eigenvalue weighted by Crippen LogP contribution is 2.39. The molecular weight excluding hydrogens is 228 g/mol. The summed E-state index contributed by atoms with van der Waals surface area (Å²) in [5.74, 6) is -0.401. The van der Waals surface area contributed by atoms with Crippen molar-refractivity contribution in [1.29, 1.82) is 0 Å². The lowest BCUT2D eigenvalue weighted by atomic mass is 9.81. The highest BCUT2D eigenvalue weighted by Gasteiger charge is 2.48. The summed E-state index contributed by atoms with van der Waals surface area (Å²) in [5, 5.41) is 0. The molecule has 0 bridgehead atoms. The van der Waals surface area contributed by atoms with Crippen LogP contribution >= 0.6 is 0 Å². The van der Waals surface area contributed by atoms with Crippen LogP contribution < -0.4 is 0 Å². The van der Waals surface area contributed by atoms with Gasteiger partial charge in [-0.2, -0.15) is 0 Å². The van der Waals surface area contributed by atoms with E-state index in [1.807, 2.05) is 0 Å². The lowest BCUT2D eigenvalue weighted by Crippen LogP contribution is -2.29. The van der Waals surface area contributed by atoms with E-state index in [2.05, 4.69) is 0 Å². The van der Waals surface area contributed by atoms with E-state index < -0.39 is 5.41 Å². The number of fused-ring (bicyclic) bond motifs is 1. The SMILES string of the molecule is CC(=O)/C=C/CC1(C)C(=O)c2ccccc2C1=O. The van der Waals surface area contributed by atoms with Gasteiger partial charge in [-0.1, -0.05) is 30.3 Å². The second-order valence-electron chi connectivity index (χ2n) is 4.75. The molecule has 0 saturated heterocycles. The first-order valence-electron chi connectivity index (χ1n) is 5.82. The van der Waals surface area contributed by atoms with E-state index >= 15 is 0 Å². The lowest BCUT2D eigenvalue weighted by molar-refractivity contribution is -0.112. The van der Waals surface area contributed by atoms with Crippen LogP contribution in [0.4, 0.5) is 0 Å². The fraction of sp³-hybridized carbons (Fsp3) is 0.267. The van der Waals surface area contributed by atoms with Crippen molar-refractivity contribution in [3.8, 4) is 0 Å². The molecule has 0 spiro atoms. The van der Waals surface area contributed by atoms with Crippen LogP contribution in [-0.2, 0) is 4.79 Å². The van der Waals surface area contributed by atoms with Gasteiger partial charge in [-0.25, -0.2) is 0 Å². The fourth-order valence-corrected chi connectivity index (χ4v) is 2.22. The summed E-state index contributed by atoms with van der Waals surface area (Å²) in [6.45, 7) is 3.08. The van der Waals surface area contributed by atoms with Crippen LogP contribution in [0.15, 0.2) is 36.4 Å². The first-order chi connectivity index (χ1) is 8.47. The van der Waals surface area contributed by atoms with Crippen molar-refractivity contribution < 1.29 is 14.4 Å². The molecule has 3 nitrogen and oxygen atoms in total. The summed E-state index contributed by atoms with van der Waals surface area (Å²) in [6, 6.07) is 6.85. The molecule has 0 radical (unpaired) electrons. The Balaban J connectivity index is 2.35. The van der Waals surface area contributed by atoms with Crippen LogP contribution in [-0.4, -0.2) is 17.3 Å². The van der Waals surface area contributed by atoms with Crippen LogP contribution in [0.25, 0.3) is 0 Å². The second kappa shape index (κ2) is 4.33. The molecule has 2 rings (SSSR count). The van der Waals surface area contributed by atoms with Gasteiger partial charge in [0.2, 0.25) is 0 Å². The predicted molar refractivity (Wildman–Crippen MR) is 67.6 cm³/mol. The number of carbonyl (C=O) groups is 3. The molecule has 0 fully saturated rings. The van der Waals surface area contributed by atoms with Gasteiger partial charge >= 0.3 is 0 Å². The zero-order chi connectivity index (χ0) is 13.3. The minimum absolute atomic E-state index is 0.0889. The zero-order valence-electron chi connectivity index (χ0n) is 10.4. The Morgan fingerprint density at radius 3 is 2.11 bits per heavy atom. The van der Waals surface area contributed by atoms with Crippen molar-refractivity contribution in [2.75, 3.05) is 0 Å². The number of hydrogen-bond acceptors (Lipinski definition) is 3. The zero-order valence-corrected chi connectivity index (χ0v) is 10.4. The van der Waals surface area contributed by atoms with E-state index in [9.17, 15) is 14.4 Å². The van der Waals surface area contributed by atoms with E-state index in [0.29, 0.717) is 11.1 Å². The predicted octanol–water partition coefficient (Wildman–Crippen LogP) is 2.61. The summed E-state index contributed by atoms with van der Waals surface area (Å²) in [4.78, 5) is 35.4. The fourth-order valence-electron chi connectivity index (χ4n) is 2.22. The molecule has 1 aromatic rings. The molecule has 0 atom stereocenters. The smallest absolute Gasteiger partial charge is 0.177 e. The first-order valence-corrected chi connectivity index (χ1v) is 5.82. The Morgan fingerprint density at radius 2 is 1.67 bits per heavy atom. The molecule has 1 aliphatic carbocycles. The van der Waals surface area contributed by atoms with Crippen molar-refractivity contribution in [3.63, 3.8) is 0 Å². The average molecular weight is 242 g/mol. The van der Waals surface area contributed by atoms with Gasteiger partial charge < -0.3 is 0 Å². The molecular formula is C15H14O3. The van der Waals surface area contributed by atoms with Crippen molar-refractivity contribution in [2.45, 2.75) is 20.3 Å². The lowest BCUT2D eigenvalue weighted by Gasteiger charge is -2.17. The van der Waals surface area contributed by atoms with Gasteiger partial charge in [-0.3, -0.25) is 14.4 Å². The van der Waals surface area contributed by atoms with Gasteiger partial charge in [0.25, 0.3) is 0 Å². The van der Waals surface area contributed by atoms with E-state index in [4.69, 9.17) is 0 Å². The molecule has 1 aliphatic rings. The van der Waals surface area contributed by atoms with Crippen molar-refractivity contribution in [1.82, 2.24) is 0 Å². The third-order valence-corrected chi connectivity index (χ3v) is 3.30. The number of carbonyl (C=O) groups excluding carboxylic acids is 3. The summed E-state index contributed by atoms with van der Waals surface area (Å²) >= 11 is 0. The van der Waals surface area contributed by atoms with E-state index in [0.717, 1.165) is 0 Å². The van der Waals surface area contributed by atoms with Gasteiger partial charge in [-0.05, 0) is 26.3 Å². The Hall–Kier alpha value is -2.03. The minimum atomic E-state index is -1.06. The average Bonchev–Trinajstić information content (AvgIpc) is 2.53. The van der Waals surface area contributed by atoms with Crippen LogP contribution in [0, 0.1) is 5.41 Å². The normalized spacial score (nSPS) is 17.2. The van der Waals surface area contributed by atoms with Crippen LogP contribution in [0.3, 0.4) is 0 Å².